The van der Waals surface area contributed by atoms with Gasteiger partial charge in [-0.3, -0.25) is 4.79 Å². The van der Waals surface area contributed by atoms with Crippen LogP contribution in [0.3, 0.4) is 0 Å². The van der Waals surface area contributed by atoms with Crippen molar-refractivity contribution in [2.75, 3.05) is 11.9 Å². The predicted octanol–water partition coefficient (Wildman–Crippen LogP) is 3.86. The summed E-state index contributed by atoms with van der Waals surface area (Å²) in [5, 5.41) is 6.21. The van der Waals surface area contributed by atoms with E-state index >= 15 is 0 Å². The van der Waals surface area contributed by atoms with Gasteiger partial charge in [-0.2, -0.15) is 0 Å². The molecule has 0 atom stereocenters. The standard InChI is InChI=1S/C15H18ClN3OS/c1-3-6-17-14(20)11-4-5-13(10(2)7-11)18-8-12-9-19-15(16)21-12/h4-5,7,9,18H,3,6,8H2,1-2H3,(H,17,20). The molecule has 0 unspecified atom stereocenters. The second-order valence-electron chi connectivity index (χ2n) is 4.72. The number of hydrogen-bond acceptors (Lipinski definition) is 4. The highest BCUT2D eigenvalue weighted by molar-refractivity contribution is 7.15. The van der Waals surface area contributed by atoms with Gasteiger partial charge in [0.05, 0.1) is 6.54 Å². The third-order valence-electron chi connectivity index (χ3n) is 3.00. The number of hydrogen-bond donors (Lipinski definition) is 2. The highest BCUT2D eigenvalue weighted by atomic mass is 35.5. The van der Waals surface area contributed by atoms with Crippen LogP contribution < -0.4 is 10.6 Å². The minimum Gasteiger partial charge on any atom is -0.380 e. The second kappa shape index (κ2) is 7.43. The van der Waals surface area contributed by atoms with Crippen LogP contribution in [0.5, 0.6) is 0 Å². The predicted molar refractivity (Wildman–Crippen MR) is 88.3 cm³/mol. The van der Waals surface area contributed by atoms with Crippen molar-refractivity contribution in [1.29, 1.82) is 0 Å². The molecule has 0 fully saturated rings. The van der Waals surface area contributed by atoms with E-state index in [1.807, 2.05) is 32.0 Å². The van der Waals surface area contributed by atoms with Crippen LogP contribution in [0, 0.1) is 6.92 Å². The van der Waals surface area contributed by atoms with Gasteiger partial charge in [-0.1, -0.05) is 18.5 Å². The average Bonchev–Trinajstić information content (AvgIpc) is 2.89. The van der Waals surface area contributed by atoms with Gasteiger partial charge < -0.3 is 10.6 Å². The molecule has 0 saturated carbocycles. The Labute approximate surface area is 133 Å². The number of rotatable bonds is 6. The van der Waals surface area contributed by atoms with Gasteiger partial charge in [0.15, 0.2) is 4.47 Å². The van der Waals surface area contributed by atoms with Crippen molar-refractivity contribution in [3.63, 3.8) is 0 Å². The minimum atomic E-state index is -0.0271. The van der Waals surface area contributed by atoms with E-state index in [-0.39, 0.29) is 5.91 Å². The number of amides is 1. The highest BCUT2D eigenvalue weighted by Crippen LogP contribution is 2.21. The number of anilines is 1. The van der Waals surface area contributed by atoms with Gasteiger partial charge >= 0.3 is 0 Å². The van der Waals surface area contributed by atoms with E-state index in [1.54, 1.807) is 6.20 Å². The van der Waals surface area contributed by atoms with Crippen molar-refractivity contribution in [3.8, 4) is 0 Å². The van der Waals surface area contributed by atoms with E-state index in [0.29, 0.717) is 23.1 Å². The number of thiazole rings is 1. The van der Waals surface area contributed by atoms with E-state index in [9.17, 15) is 4.79 Å². The van der Waals surface area contributed by atoms with E-state index in [0.717, 1.165) is 22.5 Å². The van der Waals surface area contributed by atoms with E-state index in [4.69, 9.17) is 11.6 Å². The Kier molecular flexibility index (Phi) is 5.59. The topological polar surface area (TPSA) is 54.0 Å². The lowest BCUT2D eigenvalue weighted by atomic mass is 10.1. The Morgan fingerprint density at radius 2 is 2.24 bits per heavy atom. The normalized spacial score (nSPS) is 10.4. The first-order chi connectivity index (χ1) is 10.1. The van der Waals surface area contributed by atoms with Crippen LogP contribution in [0.2, 0.25) is 4.47 Å². The maximum atomic E-state index is 11.9. The summed E-state index contributed by atoms with van der Waals surface area (Å²) in [7, 11) is 0. The van der Waals surface area contributed by atoms with Crippen LogP contribution in [0.25, 0.3) is 0 Å². The number of nitrogens with one attached hydrogen (secondary N) is 2. The van der Waals surface area contributed by atoms with Crippen LogP contribution in [0.15, 0.2) is 24.4 Å². The van der Waals surface area contributed by atoms with Gasteiger partial charge in [0.2, 0.25) is 0 Å². The quantitative estimate of drug-likeness (QED) is 0.848. The maximum absolute atomic E-state index is 11.9. The molecular formula is C15H18ClN3OS. The first kappa shape index (κ1) is 15.8. The molecule has 21 heavy (non-hydrogen) atoms. The largest absolute Gasteiger partial charge is 0.380 e. The number of aryl methyl sites for hydroxylation is 1. The van der Waals surface area contributed by atoms with Crippen molar-refractivity contribution >= 4 is 34.5 Å². The molecule has 0 radical (unpaired) electrons. The van der Waals surface area contributed by atoms with Gasteiger partial charge in [0.1, 0.15) is 0 Å². The van der Waals surface area contributed by atoms with Crippen LogP contribution in [-0.4, -0.2) is 17.4 Å². The molecule has 0 aliphatic heterocycles. The summed E-state index contributed by atoms with van der Waals surface area (Å²) in [6.45, 7) is 5.39. The molecule has 2 rings (SSSR count). The SMILES string of the molecule is CCCNC(=O)c1ccc(NCc2cnc(Cl)s2)c(C)c1. The van der Waals surface area contributed by atoms with Crippen molar-refractivity contribution in [2.45, 2.75) is 26.8 Å². The molecule has 0 bridgehead atoms. The van der Waals surface area contributed by atoms with Crippen LogP contribution >= 0.6 is 22.9 Å². The number of halogens is 1. The van der Waals surface area contributed by atoms with Crippen molar-refractivity contribution in [1.82, 2.24) is 10.3 Å². The fraction of sp³-hybridized carbons (Fsp3) is 0.333. The molecule has 112 valence electrons. The van der Waals surface area contributed by atoms with Crippen LogP contribution in [-0.2, 0) is 6.54 Å². The zero-order chi connectivity index (χ0) is 15.2. The first-order valence-corrected chi connectivity index (χ1v) is 8.02. The lowest BCUT2D eigenvalue weighted by molar-refractivity contribution is 0.0953. The molecule has 1 aromatic carbocycles. The summed E-state index contributed by atoms with van der Waals surface area (Å²) in [6.07, 6.45) is 2.70. The van der Waals surface area contributed by atoms with E-state index in [2.05, 4.69) is 15.6 Å². The van der Waals surface area contributed by atoms with Gasteiger partial charge in [0, 0.05) is 28.9 Å². The van der Waals surface area contributed by atoms with Crippen molar-refractivity contribution in [2.24, 2.45) is 0 Å². The fourth-order valence-electron chi connectivity index (χ4n) is 1.89. The number of carbonyl (C=O) groups excluding carboxylic acids is 1. The molecule has 0 aliphatic rings. The van der Waals surface area contributed by atoms with Gasteiger partial charge in [0.25, 0.3) is 5.91 Å². The van der Waals surface area contributed by atoms with Crippen LogP contribution in [0.4, 0.5) is 5.69 Å². The lowest BCUT2D eigenvalue weighted by Gasteiger charge is -2.10. The summed E-state index contributed by atoms with van der Waals surface area (Å²) >= 11 is 7.26. The minimum absolute atomic E-state index is 0.0271. The van der Waals surface area contributed by atoms with Crippen molar-refractivity contribution < 1.29 is 4.79 Å². The smallest absolute Gasteiger partial charge is 0.251 e. The molecule has 2 aromatic rings. The monoisotopic (exact) mass is 323 g/mol. The molecule has 4 nitrogen and oxygen atoms in total. The Morgan fingerprint density at radius 1 is 1.43 bits per heavy atom. The molecule has 0 saturated heterocycles. The van der Waals surface area contributed by atoms with Gasteiger partial charge in [-0.05, 0) is 37.1 Å². The Bertz CT molecular complexity index is 627. The zero-order valence-electron chi connectivity index (χ0n) is 12.1. The molecule has 1 aromatic heterocycles. The Hall–Kier alpha value is -1.59. The molecule has 1 heterocycles. The molecule has 0 spiro atoms. The molecule has 0 aliphatic carbocycles. The van der Waals surface area contributed by atoms with Gasteiger partial charge in [-0.15, -0.1) is 11.3 Å². The third kappa shape index (κ3) is 4.44. The maximum Gasteiger partial charge on any atom is 0.251 e. The van der Waals surface area contributed by atoms with Gasteiger partial charge in [-0.25, -0.2) is 4.98 Å². The molecular weight excluding hydrogens is 306 g/mol. The second-order valence-corrected chi connectivity index (χ2v) is 6.42. The average molecular weight is 324 g/mol. The molecule has 2 N–H and O–H groups in total. The summed E-state index contributed by atoms with van der Waals surface area (Å²) in [5.41, 5.74) is 2.73. The third-order valence-corrected chi connectivity index (χ3v) is 4.12. The number of aromatic nitrogens is 1. The zero-order valence-corrected chi connectivity index (χ0v) is 13.6. The summed E-state index contributed by atoms with van der Waals surface area (Å²) < 4.78 is 0.548. The molecule has 1 amide bonds. The van der Waals surface area contributed by atoms with E-state index in [1.165, 1.54) is 11.3 Å². The summed E-state index contributed by atoms with van der Waals surface area (Å²) in [4.78, 5) is 17.0. The Morgan fingerprint density at radius 3 is 2.86 bits per heavy atom. The summed E-state index contributed by atoms with van der Waals surface area (Å²) in [6, 6.07) is 5.66. The lowest BCUT2D eigenvalue weighted by Crippen LogP contribution is -2.24. The van der Waals surface area contributed by atoms with Crippen molar-refractivity contribution in [3.05, 3.63) is 44.9 Å². The van der Waals surface area contributed by atoms with Crippen LogP contribution in [0.1, 0.15) is 34.1 Å². The Balaban J connectivity index is 2.00. The van der Waals surface area contributed by atoms with E-state index < -0.39 is 0 Å². The number of nitrogens with zero attached hydrogens (tertiary/aromatic N) is 1. The highest BCUT2D eigenvalue weighted by Gasteiger charge is 2.07. The number of benzene rings is 1. The summed E-state index contributed by atoms with van der Waals surface area (Å²) in [5.74, 6) is -0.0271. The fourth-order valence-corrected chi connectivity index (χ4v) is 2.81. The first-order valence-electron chi connectivity index (χ1n) is 6.83. The number of carbonyl (C=O) groups is 1. The molecule has 6 heteroatoms.